The third-order valence-electron chi connectivity index (χ3n) is 7.21. The molecule has 0 spiro atoms. The monoisotopic (exact) mass is 505 g/mol. The molecule has 2 heterocycles. The van der Waals surface area contributed by atoms with Crippen LogP contribution in [0.1, 0.15) is 47.1 Å². The lowest BCUT2D eigenvalue weighted by Crippen LogP contribution is -2.26. The summed E-state index contributed by atoms with van der Waals surface area (Å²) in [5.74, 6) is 1.27. The number of rotatable bonds is 7. The van der Waals surface area contributed by atoms with E-state index in [9.17, 15) is 9.50 Å². The Morgan fingerprint density at radius 2 is 1.86 bits per heavy atom. The van der Waals surface area contributed by atoms with Gasteiger partial charge in [0, 0.05) is 43.2 Å². The Hall–Kier alpha value is -3.38. The minimum Gasteiger partial charge on any atom is -0.508 e. The summed E-state index contributed by atoms with van der Waals surface area (Å²) in [6.07, 6.45) is 2.09. The Balaban J connectivity index is 1.51. The smallest absolute Gasteiger partial charge is 0.130 e. The number of aromatic hydroxyl groups is 1. The first-order valence-corrected chi connectivity index (χ1v) is 12.9. The van der Waals surface area contributed by atoms with Gasteiger partial charge in [-0.3, -0.25) is 9.29 Å². The zero-order chi connectivity index (χ0) is 25.9. The second kappa shape index (κ2) is 10.9. The molecule has 0 bridgehead atoms. The average molecular weight is 506 g/mol. The number of likely N-dealkylation sites (tertiary alicyclic amines) is 1. The zero-order valence-electron chi connectivity index (χ0n) is 21.4. The Kier molecular flexibility index (Phi) is 7.47. The third kappa shape index (κ3) is 5.49. The van der Waals surface area contributed by atoms with Gasteiger partial charge in [-0.1, -0.05) is 24.3 Å². The van der Waals surface area contributed by atoms with Gasteiger partial charge in [0.25, 0.3) is 0 Å². The zero-order valence-corrected chi connectivity index (χ0v) is 21.4. The van der Waals surface area contributed by atoms with E-state index < -0.39 is 0 Å². The largest absolute Gasteiger partial charge is 0.508 e. The fraction of sp³-hybridized carbons (Fsp3) is 0.355. The number of nitrogens with zero attached hydrogens (tertiary/aromatic N) is 1. The van der Waals surface area contributed by atoms with E-state index in [0.29, 0.717) is 30.8 Å². The van der Waals surface area contributed by atoms with Crippen molar-refractivity contribution in [2.75, 3.05) is 32.9 Å². The van der Waals surface area contributed by atoms with Crippen LogP contribution in [0.3, 0.4) is 0 Å². The number of phenolic OH excluding ortho intramolecular Hbond substituents is 1. The SMILES string of the molecule is Cc1ccc(C2=C(c3ccc(O[C@H]4CCN(CCCF)C4)cc3)c3cc(C)c(O)cc3OCC2)c(F)c1. The van der Waals surface area contributed by atoms with Crippen molar-refractivity contribution >= 4 is 11.1 Å². The molecule has 0 unspecified atom stereocenters. The lowest BCUT2D eigenvalue weighted by Gasteiger charge is -2.18. The van der Waals surface area contributed by atoms with Gasteiger partial charge < -0.3 is 14.6 Å². The van der Waals surface area contributed by atoms with Crippen molar-refractivity contribution < 1.29 is 23.4 Å². The molecule has 1 N–H and O–H groups in total. The Morgan fingerprint density at radius 3 is 2.62 bits per heavy atom. The second-order valence-corrected chi connectivity index (χ2v) is 9.97. The summed E-state index contributed by atoms with van der Waals surface area (Å²) in [4.78, 5) is 2.24. The lowest BCUT2D eigenvalue weighted by atomic mass is 9.87. The van der Waals surface area contributed by atoms with Gasteiger partial charge in [0.05, 0.1) is 13.3 Å². The minimum absolute atomic E-state index is 0.0829. The summed E-state index contributed by atoms with van der Waals surface area (Å²) >= 11 is 0. The van der Waals surface area contributed by atoms with Crippen LogP contribution in [0.4, 0.5) is 8.78 Å². The van der Waals surface area contributed by atoms with Gasteiger partial charge in [-0.25, -0.2) is 4.39 Å². The molecule has 6 heteroatoms. The van der Waals surface area contributed by atoms with E-state index in [2.05, 4.69) is 4.90 Å². The van der Waals surface area contributed by atoms with Crippen LogP contribution in [-0.4, -0.2) is 49.0 Å². The van der Waals surface area contributed by atoms with E-state index in [1.807, 2.05) is 56.3 Å². The summed E-state index contributed by atoms with van der Waals surface area (Å²) in [5, 5.41) is 10.3. The van der Waals surface area contributed by atoms with Crippen molar-refractivity contribution in [3.63, 3.8) is 0 Å². The fourth-order valence-corrected chi connectivity index (χ4v) is 5.28. The van der Waals surface area contributed by atoms with Gasteiger partial charge >= 0.3 is 0 Å². The molecule has 0 saturated carbocycles. The molecular formula is C31H33F2NO3. The van der Waals surface area contributed by atoms with Crippen LogP contribution >= 0.6 is 0 Å². The summed E-state index contributed by atoms with van der Waals surface area (Å²) in [5.41, 5.74) is 5.67. The minimum atomic E-state index is -0.291. The van der Waals surface area contributed by atoms with Gasteiger partial charge in [-0.05, 0) is 78.8 Å². The normalized spacial score (nSPS) is 17.9. The number of fused-ring (bicyclic) bond motifs is 1. The molecule has 2 aliphatic heterocycles. The maximum atomic E-state index is 15.2. The highest BCUT2D eigenvalue weighted by Gasteiger charge is 2.25. The number of phenols is 1. The number of benzene rings is 3. The maximum absolute atomic E-state index is 15.2. The van der Waals surface area contributed by atoms with Gasteiger partial charge in [0.2, 0.25) is 0 Å². The van der Waals surface area contributed by atoms with Gasteiger partial charge in [-0.15, -0.1) is 0 Å². The van der Waals surface area contributed by atoms with Crippen LogP contribution in [0, 0.1) is 19.7 Å². The quantitative estimate of drug-likeness (QED) is 0.388. The van der Waals surface area contributed by atoms with Crippen molar-refractivity contribution in [2.45, 2.75) is 39.2 Å². The van der Waals surface area contributed by atoms with Crippen LogP contribution in [0.25, 0.3) is 11.1 Å². The van der Waals surface area contributed by atoms with E-state index in [0.717, 1.165) is 65.2 Å². The first-order chi connectivity index (χ1) is 17.9. The van der Waals surface area contributed by atoms with Crippen molar-refractivity contribution in [1.82, 2.24) is 4.90 Å². The molecule has 3 aromatic carbocycles. The number of halogens is 2. The molecule has 3 aromatic rings. The maximum Gasteiger partial charge on any atom is 0.130 e. The highest BCUT2D eigenvalue weighted by atomic mass is 19.1. The van der Waals surface area contributed by atoms with Crippen LogP contribution in [0.5, 0.6) is 17.2 Å². The second-order valence-electron chi connectivity index (χ2n) is 9.97. The molecule has 2 aliphatic rings. The van der Waals surface area contributed by atoms with E-state index in [1.54, 1.807) is 12.1 Å². The van der Waals surface area contributed by atoms with Crippen molar-refractivity contribution in [3.05, 3.63) is 88.2 Å². The molecule has 0 amide bonds. The molecule has 0 aromatic heterocycles. The van der Waals surface area contributed by atoms with Gasteiger partial charge in [-0.2, -0.15) is 0 Å². The topological polar surface area (TPSA) is 41.9 Å². The molecule has 1 saturated heterocycles. The lowest BCUT2D eigenvalue weighted by molar-refractivity contribution is 0.198. The molecule has 4 nitrogen and oxygen atoms in total. The van der Waals surface area contributed by atoms with E-state index in [-0.39, 0.29) is 24.3 Å². The molecule has 194 valence electrons. The van der Waals surface area contributed by atoms with Crippen molar-refractivity contribution in [3.8, 4) is 17.2 Å². The summed E-state index contributed by atoms with van der Waals surface area (Å²) in [7, 11) is 0. The first kappa shape index (κ1) is 25.3. The Bertz CT molecular complexity index is 1300. The molecule has 0 radical (unpaired) electrons. The summed E-state index contributed by atoms with van der Waals surface area (Å²) in [6.45, 7) is 6.30. The van der Waals surface area contributed by atoms with Crippen LogP contribution in [0.15, 0.2) is 54.6 Å². The van der Waals surface area contributed by atoms with Crippen LogP contribution in [0.2, 0.25) is 0 Å². The van der Waals surface area contributed by atoms with E-state index >= 15 is 4.39 Å². The standard InChI is InChI=1S/C31H33F2NO3/c1-20-4-9-25(28(33)16-20)26-11-15-36-30-18-29(35)21(2)17-27(30)31(26)22-5-7-23(8-6-22)37-24-10-14-34(19-24)13-3-12-32/h4-9,16-18,24,35H,3,10-15,19H2,1-2H3/t24-/m0/s1. The molecule has 1 fully saturated rings. The van der Waals surface area contributed by atoms with Crippen LogP contribution in [-0.2, 0) is 0 Å². The highest BCUT2D eigenvalue weighted by molar-refractivity contribution is 6.01. The number of alkyl halides is 1. The van der Waals surface area contributed by atoms with Crippen molar-refractivity contribution in [1.29, 1.82) is 0 Å². The van der Waals surface area contributed by atoms with E-state index in [1.165, 1.54) is 0 Å². The van der Waals surface area contributed by atoms with Crippen LogP contribution < -0.4 is 9.47 Å². The predicted molar refractivity (Wildman–Crippen MR) is 143 cm³/mol. The predicted octanol–water partition coefficient (Wildman–Crippen LogP) is 6.70. The highest BCUT2D eigenvalue weighted by Crippen LogP contribution is 2.44. The summed E-state index contributed by atoms with van der Waals surface area (Å²) in [6, 6.07) is 16.8. The molecule has 5 rings (SSSR count). The Labute approximate surface area is 217 Å². The molecule has 0 aliphatic carbocycles. The molecule has 1 atom stereocenters. The number of ether oxygens (including phenoxy) is 2. The first-order valence-electron chi connectivity index (χ1n) is 12.9. The number of aryl methyl sites for hydroxylation is 2. The Morgan fingerprint density at radius 1 is 1.05 bits per heavy atom. The van der Waals surface area contributed by atoms with E-state index in [4.69, 9.17) is 9.47 Å². The van der Waals surface area contributed by atoms with Crippen molar-refractivity contribution in [2.24, 2.45) is 0 Å². The summed E-state index contributed by atoms with van der Waals surface area (Å²) < 4.78 is 40.0. The average Bonchev–Trinajstić information content (AvgIpc) is 3.25. The molecule has 37 heavy (non-hydrogen) atoms. The number of hydrogen-bond acceptors (Lipinski definition) is 4. The number of hydrogen-bond donors (Lipinski definition) is 1. The molecular weight excluding hydrogens is 472 g/mol. The van der Waals surface area contributed by atoms with Gasteiger partial charge in [0.15, 0.2) is 0 Å². The fourth-order valence-electron chi connectivity index (χ4n) is 5.28. The third-order valence-corrected chi connectivity index (χ3v) is 7.21. The van der Waals surface area contributed by atoms with Gasteiger partial charge in [0.1, 0.15) is 29.2 Å².